The molecule has 2 rings (SSSR count). The Morgan fingerprint density at radius 3 is 2.23 bits per heavy atom. The van der Waals surface area contributed by atoms with Crippen LogP contribution in [0, 0.1) is 5.92 Å². The van der Waals surface area contributed by atoms with Gasteiger partial charge in [0.05, 0.1) is 0 Å². The van der Waals surface area contributed by atoms with Gasteiger partial charge in [-0.1, -0.05) is 13.8 Å². The lowest BCUT2D eigenvalue weighted by Gasteiger charge is -2.23. The van der Waals surface area contributed by atoms with Crippen molar-refractivity contribution in [3.63, 3.8) is 0 Å². The molecular formula is C11H18O2. The Balaban J connectivity index is 2.12. The molecule has 1 aliphatic carbocycles. The van der Waals surface area contributed by atoms with Crippen LogP contribution in [0.5, 0.6) is 0 Å². The van der Waals surface area contributed by atoms with Crippen molar-refractivity contribution in [2.45, 2.75) is 52.2 Å². The minimum absolute atomic E-state index is 0.260. The number of rotatable bonds is 1. The standard InChI is InChI=1S/C11H18O2/c1-8(2)10-9(3)12-11(13-10)6-4-5-7-11/h8H,4-7H2,1-3H3. The van der Waals surface area contributed by atoms with Crippen molar-refractivity contribution in [1.29, 1.82) is 0 Å². The third kappa shape index (κ3) is 1.43. The van der Waals surface area contributed by atoms with Crippen LogP contribution >= 0.6 is 0 Å². The first-order valence-corrected chi connectivity index (χ1v) is 5.22. The molecule has 0 saturated heterocycles. The summed E-state index contributed by atoms with van der Waals surface area (Å²) >= 11 is 0. The third-order valence-electron chi connectivity index (χ3n) is 2.87. The van der Waals surface area contributed by atoms with Gasteiger partial charge in [0.25, 0.3) is 5.79 Å². The fourth-order valence-corrected chi connectivity index (χ4v) is 2.26. The molecule has 1 saturated carbocycles. The molecule has 0 atom stereocenters. The first-order valence-electron chi connectivity index (χ1n) is 5.22. The average Bonchev–Trinajstić information content (AvgIpc) is 2.60. The van der Waals surface area contributed by atoms with Crippen molar-refractivity contribution in [3.05, 3.63) is 11.5 Å². The molecule has 0 radical (unpaired) electrons. The first kappa shape index (κ1) is 8.92. The number of hydrogen-bond donors (Lipinski definition) is 0. The van der Waals surface area contributed by atoms with Crippen molar-refractivity contribution >= 4 is 0 Å². The van der Waals surface area contributed by atoms with E-state index < -0.39 is 0 Å². The smallest absolute Gasteiger partial charge is 0.250 e. The van der Waals surface area contributed by atoms with Gasteiger partial charge in [-0.15, -0.1) is 0 Å². The third-order valence-corrected chi connectivity index (χ3v) is 2.87. The van der Waals surface area contributed by atoms with Gasteiger partial charge in [0, 0.05) is 18.8 Å². The maximum absolute atomic E-state index is 5.94. The van der Waals surface area contributed by atoms with Crippen molar-refractivity contribution in [2.24, 2.45) is 5.92 Å². The maximum Gasteiger partial charge on any atom is 0.250 e. The maximum atomic E-state index is 5.94. The van der Waals surface area contributed by atoms with E-state index in [-0.39, 0.29) is 5.79 Å². The molecule has 0 N–H and O–H groups in total. The SMILES string of the molecule is CC1=C(C(C)C)OC2(CCCC2)O1. The Labute approximate surface area is 79.9 Å². The highest BCUT2D eigenvalue weighted by Gasteiger charge is 2.44. The van der Waals surface area contributed by atoms with Crippen LogP contribution in [0.15, 0.2) is 11.5 Å². The van der Waals surface area contributed by atoms with Crippen LogP contribution < -0.4 is 0 Å². The second-order valence-corrected chi connectivity index (χ2v) is 4.40. The predicted octanol–water partition coefficient (Wildman–Crippen LogP) is 3.19. The highest BCUT2D eigenvalue weighted by atomic mass is 16.7. The largest absolute Gasteiger partial charge is 0.453 e. The minimum atomic E-state index is -0.260. The Morgan fingerprint density at radius 2 is 1.77 bits per heavy atom. The van der Waals surface area contributed by atoms with Gasteiger partial charge >= 0.3 is 0 Å². The molecule has 0 bridgehead atoms. The quantitative estimate of drug-likeness (QED) is 0.620. The lowest BCUT2D eigenvalue weighted by molar-refractivity contribution is -0.149. The van der Waals surface area contributed by atoms with Gasteiger partial charge in [-0.05, 0) is 19.8 Å². The normalized spacial score (nSPS) is 25.5. The molecule has 74 valence electrons. The highest BCUT2D eigenvalue weighted by Crippen LogP contribution is 2.44. The number of ether oxygens (including phenoxy) is 2. The summed E-state index contributed by atoms with van der Waals surface area (Å²) in [6.07, 6.45) is 4.58. The average molecular weight is 182 g/mol. The van der Waals surface area contributed by atoms with Gasteiger partial charge in [-0.25, -0.2) is 0 Å². The molecule has 1 heterocycles. The fraction of sp³-hybridized carbons (Fsp3) is 0.818. The summed E-state index contributed by atoms with van der Waals surface area (Å²) < 4.78 is 11.8. The fourth-order valence-electron chi connectivity index (χ4n) is 2.26. The molecular weight excluding hydrogens is 164 g/mol. The Hall–Kier alpha value is -0.660. The Kier molecular flexibility index (Phi) is 2.01. The monoisotopic (exact) mass is 182 g/mol. The van der Waals surface area contributed by atoms with Crippen molar-refractivity contribution in [1.82, 2.24) is 0 Å². The summed E-state index contributed by atoms with van der Waals surface area (Å²) in [7, 11) is 0. The molecule has 1 aliphatic heterocycles. The molecule has 2 heteroatoms. The topological polar surface area (TPSA) is 18.5 Å². The van der Waals surface area contributed by atoms with Crippen LogP contribution in [0.2, 0.25) is 0 Å². The zero-order valence-electron chi connectivity index (χ0n) is 8.72. The van der Waals surface area contributed by atoms with E-state index >= 15 is 0 Å². The first-order chi connectivity index (χ1) is 6.13. The molecule has 1 fully saturated rings. The molecule has 0 aromatic carbocycles. The van der Waals surface area contributed by atoms with Gasteiger partial charge in [0.1, 0.15) is 11.5 Å². The summed E-state index contributed by atoms with van der Waals surface area (Å²) in [4.78, 5) is 0. The van der Waals surface area contributed by atoms with E-state index in [4.69, 9.17) is 9.47 Å². The molecule has 2 nitrogen and oxygen atoms in total. The summed E-state index contributed by atoms with van der Waals surface area (Å²) in [5.74, 6) is 2.24. The summed E-state index contributed by atoms with van der Waals surface area (Å²) in [6, 6.07) is 0. The second kappa shape index (κ2) is 2.93. The number of hydrogen-bond acceptors (Lipinski definition) is 2. The van der Waals surface area contributed by atoms with Gasteiger partial charge in [-0.2, -0.15) is 0 Å². The number of allylic oxidation sites excluding steroid dienone is 2. The van der Waals surface area contributed by atoms with Crippen LogP contribution in [0.3, 0.4) is 0 Å². The molecule has 2 aliphatic rings. The lowest BCUT2D eigenvalue weighted by Crippen LogP contribution is -2.26. The van der Waals surface area contributed by atoms with Crippen LogP contribution in [0.1, 0.15) is 46.5 Å². The zero-order chi connectivity index (χ0) is 9.47. The Morgan fingerprint density at radius 1 is 1.15 bits per heavy atom. The van der Waals surface area contributed by atoms with Crippen molar-refractivity contribution in [2.75, 3.05) is 0 Å². The van der Waals surface area contributed by atoms with Gasteiger partial charge in [0.15, 0.2) is 0 Å². The van der Waals surface area contributed by atoms with Gasteiger partial charge in [-0.3, -0.25) is 0 Å². The van der Waals surface area contributed by atoms with E-state index in [0.717, 1.165) is 24.4 Å². The molecule has 1 spiro atoms. The van der Waals surface area contributed by atoms with E-state index in [2.05, 4.69) is 13.8 Å². The summed E-state index contributed by atoms with van der Waals surface area (Å²) in [5, 5.41) is 0. The second-order valence-electron chi connectivity index (χ2n) is 4.40. The van der Waals surface area contributed by atoms with Gasteiger partial charge < -0.3 is 9.47 Å². The predicted molar refractivity (Wildman–Crippen MR) is 50.9 cm³/mol. The molecule has 0 aromatic heterocycles. The van der Waals surface area contributed by atoms with Crippen molar-refractivity contribution < 1.29 is 9.47 Å². The minimum Gasteiger partial charge on any atom is -0.453 e. The van der Waals surface area contributed by atoms with E-state index in [1.165, 1.54) is 12.8 Å². The van der Waals surface area contributed by atoms with Crippen LogP contribution in [-0.2, 0) is 9.47 Å². The molecule has 0 aromatic rings. The van der Waals surface area contributed by atoms with E-state index in [1.807, 2.05) is 6.92 Å². The van der Waals surface area contributed by atoms with Crippen LogP contribution in [0.25, 0.3) is 0 Å². The van der Waals surface area contributed by atoms with E-state index in [1.54, 1.807) is 0 Å². The molecule has 0 amide bonds. The zero-order valence-corrected chi connectivity index (χ0v) is 8.72. The Bertz CT molecular complexity index is 234. The summed E-state index contributed by atoms with van der Waals surface area (Å²) in [6.45, 7) is 6.31. The van der Waals surface area contributed by atoms with E-state index in [9.17, 15) is 0 Å². The van der Waals surface area contributed by atoms with E-state index in [0.29, 0.717) is 5.92 Å². The highest BCUT2D eigenvalue weighted by molar-refractivity contribution is 5.09. The molecule has 13 heavy (non-hydrogen) atoms. The molecule has 0 unspecified atom stereocenters. The van der Waals surface area contributed by atoms with Crippen molar-refractivity contribution in [3.8, 4) is 0 Å². The van der Waals surface area contributed by atoms with Crippen LogP contribution in [0.4, 0.5) is 0 Å². The van der Waals surface area contributed by atoms with Crippen LogP contribution in [-0.4, -0.2) is 5.79 Å². The van der Waals surface area contributed by atoms with Gasteiger partial charge in [0.2, 0.25) is 0 Å². The lowest BCUT2D eigenvalue weighted by atomic mass is 10.1. The summed E-state index contributed by atoms with van der Waals surface area (Å²) in [5.41, 5.74) is 0.